The third-order valence-corrected chi connectivity index (χ3v) is 8.42. The van der Waals surface area contributed by atoms with Gasteiger partial charge in [0.25, 0.3) is 10.0 Å². The second-order valence-corrected chi connectivity index (χ2v) is 11.5. The molecule has 3 aromatic carbocycles. The van der Waals surface area contributed by atoms with Crippen LogP contribution in [0.15, 0.2) is 77.7 Å². The van der Waals surface area contributed by atoms with Crippen molar-refractivity contribution in [3.63, 3.8) is 0 Å². The van der Waals surface area contributed by atoms with E-state index in [0.717, 1.165) is 27.4 Å². The Morgan fingerprint density at radius 2 is 1.66 bits per heavy atom. The van der Waals surface area contributed by atoms with E-state index in [9.17, 15) is 18.0 Å². The van der Waals surface area contributed by atoms with Crippen LogP contribution < -0.4 is 9.62 Å². The highest BCUT2D eigenvalue weighted by atomic mass is 35.5. The highest BCUT2D eigenvalue weighted by molar-refractivity contribution is 7.92. The first-order valence-electron chi connectivity index (χ1n) is 12.5. The Morgan fingerprint density at radius 3 is 2.32 bits per heavy atom. The van der Waals surface area contributed by atoms with E-state index < -0.39 is 28.5 Å². The zero-order valence-corrected chi connectivity index (χ0v) is 23.7. The Morgan fingerprint density at radius 1 is 0.974 bits per heavy atom. The predicted octanol–water partition coefficient (Wildman–Crippen LogP) is 5.10. The number of hydrogen-bond acceptors (Lipinski definition) is 4. The van der Waals surface area contributed by atoms with E-state index in [1.165, 1.54) is 17.0 Å². The first-order valence-corrected chi connectivity index (χ1v) is 14.3. The molecule has 0 saturated heterocycles. The predicted molar refractivity (Wildman–Crippen MR) is 152 cm³/mol. The van der Waals surface area contributed by atoms with Crippen LogP contribution in [0.4, 0.5) is 5.69 Å². The van der Waals surface area contributed by atoms with Crippen molar-refractivity contribution in [1.82, 2.24) is 10.2 Å². The lowest BCUT2D eigenvalue weighted by Gasteiger charge is -2.32. The van der Waals surface area contributed by atoms with Crippen LogP contribution in [0.25, 0.3) is 0 Å². The van der Waals surface area contributed by atoms with Gasteiger partial charge in [0, 0.05) is 18.1 Å². The van der Waals surface area contributed by atoms with Gasteiger partial charge in [0.15, 0.2) is 0 Å². The Hall–Kier alpha value is -3.36. The number of nitrogens with one attached hydrogen (secondary N) is 1. The molecule has 9 heteroatoms. The van der Waals surface area contributed by atoms with Gasteiger partial charge in [-0.25, -0.2) is 8.42 Å². The van der Waals surface area contributed by atoms with Gasteiger partial charge in [-0.1, -0.05) is 61.0 Å². The number of halogens is 1. The molecular weight excluding hydrogens is 522 g/mol. The van der Waals surface area contributed by atoms with E-state index in [1.54, 1.807) is 55.5 Å². The van der Waals surface area contributed by atoms with Crippen LogP contribution in [0.2, 0.25) is 5.02 Å². The number of benzene rings is 3. The van der Waals surface area contributed by atoms with Crippen LogP contribution in [-0.2, 0) is 26.2 Å². The Kier molecular flexibility index (Phi) is 9.94. The first-order chi connectivity index (χ1) is 18.1. The molecule has 1 N–H and O–H groups in total. The molecule has 0 aliphatic carbocycles. The molecule has 7 nitrogen and oxygen atoms in total. The minimum Gasteiger partial charge on any atom is -0.354 e. The number of rotatable bonds is 11. The molecule has 2 amide bonds. The van der Waals surface area contributed by atoms with E-state index in [0.29, 0.717) is 17.3 Å². The second kappa shape index (κ2) is 12.9. The van der Waals surface area contributed by atoms with Crippen molar-refractivity contribution in [3.8, 4) is 0 Å². The summed E-state index contributed by atoms with van der Waals surface area (Å²) in [7, 11) is -4.10. The number of amides is 2. The van der Waals surface area contributed by atoms with Crippen molar-refractivity contribution in [3.05, 3.63) is 94.5 Å². The SMILES string of the molecule is CCCNC(=O)C(C)N(Cc1cccc(Cl)c1)C(=O)CN(c1cccc(C)c1C)S(=O)(=O)c1ccccc1. The Bertz CT molecular complexity index is 1380. The summed E-state index contributed by atoms with van der Waals surface area (Å²) < 4.78 is 28.9. The summed E-state index contributed by atoms with van der Waals surface area (Å²) in [5, 5.41) is 3.33. The fourth-order valence-corrected chi connectivity index (χ4v) is 5.75. The van der Waals surface area contributed by atoms with Gasteiger partial charge in [0.1, 0.15) is 12.6 Å². The average Bonchev–Trinajstić information content (AvgIpc) is 2.90. The maximum atomic E-state index is 13.9. The minimum atomic E-state index is -4.10. The third-order valence-electron chi connectivity index (χ3n) is 6.41. The van der Waals surface area contributed by atoms with Gasteiger partial charge in [-0.2, -0.15) is 0 Å². The lowest BCUT2D eigenvalue weighted by Crippen LogP contribution is -2.51. The molecule has 0 spiro atoms. The quantitative estimate of drug-likeness (QED) is 0.357. The summed E-state index contributed by atoms with van der Waals surface area (Å²) in [6.45, 7) is 7.38. The summed E-state index contributed by atoms with van der Waals surface area (Å²) >= 11 is 6.17. The van der Waals surface area contributed by atoms with Crippen LogP contribution >= 0.6 is 11.6 Å². The number of anilines is 1. The average molecular weight is 556 g/mol. The van der Waals surface area contributed by atoms with Crippen LogP contribution in [0.5, 0.6) is 0 Å². The van der Waals surface area contributed by atoms with Crippen LogP contribution in [-0.4, -0.2) is 44.3 Å². The molecule has 0 bridgehead atoms. The molecule has 0 saturated carbocycles. The minimum absolute atomic E-state index is 0.0730. The van der Waals surface area contributed by atoms with Gasteiger partial charge in [0.05, 0.1) is 10.6 Å². The van der Waals surface area contributed by atoms with E-state index in [1.807, 2.05) is 32.9 Å². The zero-order valence-electron chi connectivity index (χ0n) is 22.1. The van der Waals surface area contributed by atoms with Crippen molar-refractivity contribution in [1.29, 1.82) is 0 Å². The molecule has 0 radical (unpaired) electrons. The number of carbonyl (C=O) groups is 2. The summed E-state index contributed by atoms with van der Waals surface area (Å²) in [5.74, 6) is -0.823. The first kappa shape index (κ1) is 29.2. The van der Waals surface area contributed by atoms with Gasteiger partial charge >= 0.3 is 0 Å². The molecule has 1 unspecified atom stereocenters. The van der Waals surface area contributed by atoms with Gasteiger partial charge in [-0.3, -0.25) is 13.9 Å². The number of nitrogens with zero attached hydrogens (tertiary/aromatic N) is 2. The molecule has 0 aromatic heterocycles. The summed E-state index contributed by atoms with van der Waals surface area (Å²) in [6.07, 6.45) is 0.746. The Labute approximate surface area is 230 Å². The van der Waals surface area contributed by atoms with Gasteiger partial charge < -0.3 is 10.2 Å². The summed E-state index contributed by atoms with van der Waals surface area (Å²) in [4.78, 5) is 28.3. The number of sulfonamides is 1. The van der Waals surface area contributed by atoms with Crippen molar-refractivity contribution >= 4 is 39.1 Å². The molecule has 0 heterocycles. The molecule has 3 aromatic rings. The smallest absolute Gasteiger partial charge is 0.264 e. The normalized spacial score (nSPS) is 12.0. The molecule has 0 fully saturated rings. The molecule has 0 aliphatic rings. The van der Waals surface area contributed by atoms with E-state index in [-0.39, 0.29) is 17.3 Å². The molecule has 3 rings (SSSR count). The van der Waals surface area contributed by atoms with Gasteiger partial charge in [-0.05, 0) is 74.2 Å². The van der Waals surface area contributed by atoms with Crippen molar-refractivity contribution < 1.29 is 18.0 Å². The van der Waals surface area contributed by atoms with Crippen LogP contribution in [0.3, 0.4) is 0 Å². The lowest BCUT2D eigenvalue weighted by molar-refractivity contribution is -0.139. The highest BCUT2D eigenvalue weighted by Gasteiger charge is 2.33. The van der Waals surface area contributed by atoms with Crippen molar-refractivity contribution in [2.75, 3.05) is 17.4 Å². The maximum Gasteiger partial charge on any atom is 0.264 e. The highest BCUT2D eigenvalue weighted by Crippen LogP contribution is 2.29. The van der Waals surface area contributed by atoms with Gasteiger partial charge in [0.2, 0.25) is 11.8 Å². The molecule has 202 valence electrons. The number of aryl methyl sites for hydroxylation is 1. The second-order valence-electron chi connectivity index (χ2n) is 9.16. The van der Waals surface area contributed by atoms with Crippen LogP contribution in [0, 0.1) is 13.8 Å². The van der Waals surface area contributed by atoms with E-state index in [2.05, 4.69) is 5.32 Å². The third kappa shape index (κ3) is 6.94. The number of carbonyl (C=O) groups excluding carboxylic acids is 2. The molecule has 38 heavy (non-hydrogen) atoms. The topological polar surface area (TPSA) is 86.8 Å². The van der Waals surface area contributed by atoms with Gasteiger partial charge in [-0.15, -0.1) is 0 Å². The fraction of sp³-hybridized carbons (Fsp3) is 0.310. The Balaban J connectivity index is 2.05. The fourth-order valence-electron chi connectivity index (χ4n) is 4.05. The monoisotopic (exact) mass is 555 g/mol. The van der Waals surface area contributed by atoms with Crippen molar-refractivity contribution in [2.45, 2.75) is 51.6 Å². The van der Waals surface area contributed by atoms with Crippen LogP contribution in [0.1, 0.15) is 37.0 Å². The largest absolute Gasteiger partial charge is 0.354 e. The molecule has 1 atom stereocenters. The standard InChI is InChI=1S/C29H34ClN3O4S/c1-5-17-31-29(35)23(4)32(19-24-12-10-13-25(30)18-24)28(34)20-33(27-16-9-11-21(2)22(27)3)38(36,37)26-14-7-6-8-15-26/h6-16,18,23H,5,17,19-20H2,1-4H3,(H,31,35). The summed E-state index contributed by atoms with van der Waals surface area (Å²) in [6, 6.07) is 19.5. The summed E-state index contributed by atoms with van der Waals surface area (Å²) in [5.41, 5.74) is 2.78. The zero-order chi connectivity index (χ0) is 27.9. The maximum absolute atomic E-state index is 13.9. The molecule has 0 aliphatic heterocycles. The molecular formula is C29H34ClN3O4S. The van der Waals surface area contributed by atoms with E-state index in [4.69, 9.17) is 11.6 Å². The number of hydrogen-bond donors (Lipinski definition) is 1. The van der Waals surface area contributed by atoms with E-state index >= 15 is 0 Å². The lowest BCUT2D eigenvalue weighted by atomic mass is 10.1. The van der Waals surface area contributed by atoms with Crippen molar-refractivity contribution in [2.24, 2.45) is 0 Å².